The van der Waals surface area contributed by atoms with Crippen LogP contribution < -0.4 is 10.5 Å². The van der Waals surface area contributed by atoms with Crippen molar-refractivity contribution in [2.24, 2.45) is 0 Å². The molecule has 0 bridgehead atoms. The predicted octanol–water partition coefficient (Wildman–Crippen LogP) is 4.19. The fraction of sp³-hybridized carbons (Fsp3) is 0.100. The monoisotopic (exact) mass is 315 g/mol. The van der Waals surface area contributed by atoms with Crippen molar-refractivity contribution in [1.29, 1.82) is 5.26 Å². The molecule has 1 aromatic heterocycles. The summed E-state index contributed by atoms with van der Waals surface area (Å²) in [5.41, 5.74) is 11.0. The lowest BCUT2D eigenvalue weighted by Gasteiger charge is -2.11. The van der Waals surface area contributed by atoms with E-state index in [2.05, 4.69) is 11.1 Å². The Kier molecular flexibility index (Phi) is 4.17. The van der Waals surface area contributed by atoms with Crippen molar-refractivity contribution in [2.75, 3.05) is 12.8 Å². The second kappa shape index (κ2) is 6.43. The van der Waals surface area contributed by atoms with E-state index in [1.54, 1.807) is 7.11 Å². The predicted molar refractivity (Wildman–Crippen MR) is 95.5 cm³/mol. The second-order valence-corrected chi connectivity index (χ2v) is 5.53. The number of ether oxygens (including phenoxy) is 1. The molecule has 0 atom stereocenters. The molecular weight excluding hydrogens is 298 g/mol. The standard InChI is InChI=1S/C20H17N3O/c1-13-4-3-5-15(10-13)19-11-17(18(12-21)20(22)23-19)14-6-8-16(24-2)9-7-14/h3-11H,1-2H3,(H2,22,23). The Morgan fingerprint density at radius 1 is 1.04 bits per heavy atom. The van der Waals surface area contributed by atoms with Gasteiger partial charge in [0.15, 0.2) is 0 Å². The normalized spacial score (nSPS) is 10.2. The minimum atomic E-state index is 0.238. The second-order valence-electron chi connectivity index (χ2n) is 5.53. The van der Waals surface area contributed by atoms with Crippen molar-refractivity contribution in [2.45, 2.75) is 6.92 Å². The third kappa shape index (κ3) is 2.92. The lowest BCUT2D eigenvalue weighted by atomic mass is 9.98. The van der Waals surface area contributed by atoms with Gasteiger partial charge in [0, 0.05) is 11.1 Å². The highest BCUT2D eigenvalue weighted by molar-refractivity contribution is 5.80. The Balaban J connectivity index is 2.18. The molecule has 2 aromatic carbocycles. The summed E-state index contributed by atoms with van der Waals surface area (Å²) in [7, 11) is 1.62. The summed E-state index contributed by atoms with van der Waals surface area (Å²) < 4.78 is 5.19. The molecule has 2 N–H and O–H groups in total. The number of aromatic nitrogens is 1. The first-order valence-corrected chi connectivity index (χ1v) is 7.54. The highest BCUT2D eigenvalue weighted by Gasteiger charge is 2.13. The molecule has 0 amide bonds. The van der Waals surface area contributed by atoms with Crippen molar-refractivity contribution < 1.29 is 4.74 Å². The van der Waals surface area contributed by atoms with Gasteiger partial charge in [0.2, 0.25) is 0 Å². The smallest absolute Gasteiger partial charge is 0.142 e. The van der Waals surface area contributed by atoms with Gasteiger partial charge in [0.25, 0.3) is 0 Å². The molecule has 0 saturated carbocycles. The average molecular weight is 315 g/mol. The fourth-order valence-corrected chi connectivity index (χ4v) is 2.63. The van der Waals surface area contributed by atoms with Crippen LogP contribution in [0.3, 0.4) is 0 Å². The number of pyridine rings is 1. The van der Waals surface area contributed by atoms with Crippen molar-refractivity contribution in [1.82, 2.24) is 4.98 Å². The number of benzene rings is 2. The van der Waals surface area contributed by atoms with Crippen LogP contribution in [0.1, 0.15) is 11.1 Å². The Labute approximate surface area is 141 Å². The molecule has 3 aromatic rings. The van der Waals surface area contributed by atoms with Gasteiger partial charge >= 0.3 is 0 Å². The molecule has 3 rings (SSSR count). The zero-order valence-corrected chi connectivity index (χ0v) is 13.6. The van der Waals surface area contributed by atoms with Gasteiger partial charge in [-0.15, -0.1) is 0 Å². The largest absolute Gasteiger partial charge is 0.497 e. The molecule has 1 heterocycles. The van der Waals surface area contributed by atoms with Gasteiger partial charge < -0.3 is 10.5 Å². The third-order valence-electron chi connectivity index (χ3n) is 3.87. The number of nitrogens with zero attached hydrogens (tertiary/aromatic N) is 2. The van der Waals surface area contributed by atoms with Gasteiger partial charge in [0.1, 0.15) is 23.2 Å². The summed E-state index contributed by atoms with van der Waals surface area (Å²) in [6.07, 6.45) is 0. The van der Waals surface area contributed by atoms with E-state index >= 15 is 0 Å². The van der Waals surface area contributed by atoms with Crippen LogP contribution in [0.5, 0.6) is 5.75 Å². The summed E-state index contributed by atoms with van der Waals surface area (Å²) in [5, 5.41) is 9.47. The van der Waals surface area contributed by atoms with E-state index in [0.717, 1.165) is 33.7 Å². The van der Waals surface area contributed by atoms with Crippen molar-refractivity contribution in [3.05, 3.63) is 65.7 Å². The van der Waals surface area contributed by atoms with Gasteiger partial charge in [-0.2, -0.15) is 5.26 Å². The summed E-state index contributed by atoms with van der Waals surface area (Å²) in [6.45, 7) is 2.03. The molecule has 24 heavy (non-hydrogen) atoms. The first-order chi connectivity index (χ1) is 11.6. The van der Waals surface area contributed by atoms with Crippen LogP contribution in [0.4, 0.5) is 5.82 Å². The summed E-state index contributed by atoms with van der Waals surface area (Å²) in [4.78, 5) is 4.41. The van der Waals surface area contributed by atoms with Crippen LogP contribution in [0.25, 0.3) is 22.4 Å². The fourth-order valence-electron chi connectivity index (χ4n) is 2.63. The molecule has 0 unspecified atom stereocenters. The third-order valence-corrected chi connectivity index (χ3v) is 3.87. The number of hydrogen-bond donors (Lipinski definition) is 1. The first-order valence-electron chi connectivity index (χ1n) is 7.54. The van der Waals surface area contributed by atoms with E-state index in [9.17, 15) is 5.26 Å². The first kappa shape index (κ1) is 15.6. The zero-order valence-electron chi connectivity index (χ0n) is 13.6. The summed E-state index contributed by atoms with van der Waals surface area (Å²) >= 11 is 0. The quantitative estimate of drug-likeness (QED) is 0.786. The lowest BCUT2D eigenvalue weighted by molar-refractivity contribution is 0.415. The van der Waals surface area contributed by atoms with Crippen LogP contribution in [-0.4, -0.2) is 12.1 Å². The molecule has 0 aliphatic carbocycles. The van der Waals surface area contributed by atoms with Gasteiger partial charge in [-0.3, -0.25) is 0 Å². The van der Waals surface area contributed by atoms with Crippen molar-refractivity contribution >= 4 is 5.82 Å². The number of aryl methyl sites for hydroxylation is 1. The number of nitrogen functional groups attached to an aromatic ring is 1. The van der Waals surface area contributed by atoms with Gasteiger partial charge in [-0.05, 0) is 36.8 Å². The van der Waals surface area contributed by atoms with Crippen molar-refractivity contribution in [3.8, 4) is 34.2 Å². The van der Waals surface area contributed by atoms with Gasteiger partial charge in [-0.25, -0.2) is 4.98 Å². The molecule has 0 radical (unpaired) electrons. The minimum absolute atomic E-state index is 0.238. The SMILES string of the molecule is COc1ccc(-c2cc(-c3cccc(C)c3)nc(N)c2C#N)cc1. The van der Waals surface area contributed by atoms with E-state index < -0.39 is 0 Å². The van der Waals surface area contributed by atoms with Gasteiger partial charge in [0.05, 0.1) is 12.8 Å². The van der Waals surface area contributed by atoms with Crippen molar-refractivity contribution in [3.63, 3.8) is 0 Å². The van der Waals surface area contributed by atoms with Crippen LogP contribution in [0, 0.1) is 18.3 Å². The van der Waals surface area contributed by atoms with Crippen LogP contribution in [0.2, 0.25) is 0 Å². The van der Waals surface area contributed by atoms with E-state index in [0.29, 0.717) is 5.56 Å². The number of nitrogens with two attached hydrogens (primary N) is 1. The number of anilines is 1. The van der Waals surface area contributed by atoms with E-state index in [1.165, 1.54) is 0 Å². The maximum Gasteiger partial charge on any atom is 0.142 e. The highest BCUT2D eigenvalue weighted by Crippen LogP contribution is 2.32. The summed E-state index contributed by atoms with van der Waals surface area (Å²) in [5.74, 6) is 1.00. The summed E-state index contributed by atoms with van der Waals surface area (Å²) in [6, 6.07) is 19.7. The Morgan fingerprint density at radius 2 is 1.79 bits per heavy atom. The number of methoxy groups -OCH3 is 1. The lowest BCUT2D eigenvalue weighted by Crippen LogP contribution is -2.00. The Hall–Kier alpha value is -3.32. The van der Waals surface area contributed by atoms with E-state index in [1.807, 2.05) is 61.5 Å². The van der Waals surface area contributed by atoms with Crippen LogP contribution in [-0.2, 0) is 0 Å². The van der Waals surface area contributed by atoms with Crippen LogP contribution in [0.15, 0.2) is 54.6 Å². The molecule has 4 heteroatoms. The molecule has 0 saturated heterocycles. The Bertz CT molecular complexity index is 925. The van der Waals surface area contributed by atoms with E-state index in [-0.39, 0.29) is 5.82 Å². The average Bonchev–Trinajstić information content (AvgIpc) is 2.61. The maximum absolute atomic E-state index is 9.47. The van der Waals surface area contributed by atoms with E-state index in [4.69, 9.17) is 10.5 Å². The molecule has 0 aliphatic heterocycles. The molecule has 0 fully saturated rings. The number of hydrogen-bond acceptors (Lipinski definition) is 4. The topological polar surface area (TPSA) is 71.9 Å². The number of rotatable bonds is 3. The minimum Gasteiger partial charge on any atom is -0.497 e. The van der Waals surface area contributed by atoms with Gasteiger partial charge in [-0.1, -0.05) is 35.9 Å². The molecule has 118 valence electrons. The number of nitriles is 1. The maximum atomic E-state index is 9.47. The molecular formula is C20H17N3O. The molecule has 4 nitrogen and oxygen atoms in total. The molecule has 0 aliphatic rings. The Morgan fingerprint density at radius 3 is 2.42 bits per heavy atom. The zero-order chi connectivity index (χ0) is 17.1. The highest BCUT2D eigenvalue weighted by atomic mass is 16.5. The van der Waals surface area contributed by atoms with Crippen LogP contribution >= 0.6 is 0 Å². The molecule has 0 spiro atoms.